The maximum absolute atomic E-state index is 10.9. The number of aromatic carboxylic acids is 1. The smallest absolute Gasteiger partial charge is 0.335 e. The van der Waals surface area contributed by atoms with Crippen LogP contribution < -0.4 is 0 Å². The molecule has 4 nitrogen and oxygen atoms in total. The average Bonchev–Trinajstić information content (AvgIpc) is 2.81. The number of carbonyl (C=O) groups is 1. The number of benzene rings is 2. The number of fused-ring (bicyclic) bond motifs is 1. The molecule has 0 aliphatic heterocycles. The zero-order valence-electron chi connectivity index (χ0n) is 10.3. The zero-order chi connectivity index (χ0) is 13.4. The van der Waals surface area contributed by atoms with E-state index in [2.05, 4.69) is 9.97 Å². The number of rotatable bonds is 2. The first-order valence-corrected chi connectivity index (χ1v) is 5.93. The predicted octanol–water partition coefficient (Wildman–Crippen LogP) is 3.24. The number of hydrogen-bond donors (Lipinski definition) is 2. The Morgan fingerprint density at radius 2 is 2.05 bits per heavy atom. The van der Waals surface area contributed by atoms with Crippen LogP contribution in [0.25, 0.3) is 22.4 Å². The minimum atomic E-state index is -0.936. The van der Waals surface area contributed by atoms with E-state index in [0.717, 1.165) is 28.0 Å². The molecule has 3 aromatic rings. The van der Waals surface area contributed by atoms with Crippen molar-refractivity contribution >= 4 is 17.0 Å². The molecular formula is C15H12N2O2. The van der Waals surface area contributed by atoms with Crippen LogP contribution >= 0.6 is 0 Å². The zero-order valence-corrected chi connectivity index (χ0v) is 10.3. The molecule has 4 heteroatoms. The van der Waals surface area contributed by atoms with Gasteiger partial charge in [0, 0.05) is 5.56 Å². The average molecular weight is 252 g/mol. The lowest BCUT2D eigenvalue weighted by atomic mass is 10.1. The summed E-state index contributed by atoms with van der Waals surface area (Å²) in [7, 11) is 0. The van der Waals surface area contributed by atoms with Gasteiger partial charge in [0.25, 0.3) is 0 Å². The molecule has 0 unspecified atom stereocenters. The van der Waals surface area contributed by atoms with E-state index in [-0.39, 0.29) is 5.56 Å². The SMILES string of the molecule is Cc1cccc(-c2nc3ccc(C(=O)O)cc3[nH]2)c1. The van der Waals surface area contributed by atoms with Crippen LogP contribution in [0.4, 0.5) is 0 Å². The van der Waals surface area contributed by atoms with E-state index in [4.69, 9.17) is 5.11 Å². The Morgan fingerprint density at radius 3 is 2.79 bits per heavy atom. The summed E-state index contributed by atoms with van der Waals surface area (Å²) in [6, 6.07) is 12.9. The summed E-state index contributed by atoms with van der Waals surface area (Å²) in [6.45, 7) is 2.02. The molecule has 3 rings (SSSR count). The summed E-state index contributed by atoms with van der Waals surface area (Å²) in [6.07, 6.45) is 0. The van der Waals surface area contributed by atoms with Gasteiger partial charge in [-0.3, -0.25) is 0 Å². The Morgan fingerprint density at radius 1 is 1.21 bits per heavy atom. The molecule has 19 heavy (non-hydrogen) atoms. The fourth-order valence-corrected chi connectivity index (χ4v) is 2.07. The summed E-state index contributed by atoms with van der Waals surface area (Å²) in [5.74, 6) is -0.185. The van der Waals surface area contributed by atoms with Gasteiger partial charge in [-0.15, -0.1) is 0 Å². The van der Waals surface area contributed by atoms with E-state index in [1.54, 1.807) is 18.2 Å². The number of hydrogen-bond acceptors (Lipinski definition) is 2. The minimum Gasteiger partial charge on any atom is -0.478 e. The van der Waals surface area contributed by atoms with Gasteiger partial charge in [-0.1, -0.05) is 23.8 Å². The highest BCUT2D eigenvalue weighted by Crippen LogP contribution is 2.22. The Kier molecular flexibility index (Phi) is 2.56. The molecule has 94 valence electrons. The van der Waals surface area contributed by atoms with Gasteiger partial charge in [0.1, 0.15) is 5.82 Å². The first-order valence-electron chi connectivity index (χ1n) is 5.93. The third kappa shape index (κ3) is 2.08. The quantitative estimate of drug-likeness (QED) is 0.735. The highest BCUT2D eigenvalue weighted by atomic mass is 16.4. The Hall–Kier alpha value is -2.62. The largest absolute Gasteiger partial charge is 0.478 e. The van der Waals surface area contributed by atoms with Crippen LogP contribution in [-0.4, -0.2) is 21.0 Å². The summed E-state index contributed by atoms with van der Waals surface area (Å²) in [5, 5.41) is 8.97. The van der Waals surface area contributed by atoms with Gasteiger partial charge >= 0.3 is 5.97 Å². The van der Waals surface area contributed by atoms with Gasteiger partial charge < -0.3 is 10.1 Å². The summed E-state index contributed by atoms with van der Waals surface area (Å²) in [4.78, 5) is 18.6. The Balaban J connectivity index is 2.14. The second-order valence-electron chi connectivity index (χ2n) is 4.49. The first kappa shape index (κ1) is 11.5. The fourth-order valence-electron chi connectivity index (χ4n) is 2.07. The van der Waals surface area contributed by atoms with Crippen molar-refractivity contribution in [3.05, 3.63) is 53.6 Å². The van der Waals surface area contributed by atoms with Gasteiger partial charge in [-0.05, 0) is 31.2 Å². The molecule has 1 heterocycles. The van der Waals surface area contributed by atoms with E-state index in [0.29, 0.717) is 0 Å². The number of aryl methyl sites for hydroxylation is 1. The van der Waals surface area contributed by atoms with Crippen molar-refractivity contribution in [1.82, 2.24) is 9.97 Å². The molecule has 0 amide bonds. The number of imidazole rings is 1. The summed E-state index contributed by atoms with van der Waals surface area (Å²) < 4.78 is 0. The molecule has 1 aromatic heterocycles. The second-order valence-corrected chi connectivity index (χ2v) is 4.49. The second kappa shape index (κ2) is 4.24. The molecule has 0 saturated heterocycles. The highest BCUT2D eigenvalue weighted by molar-refractivity contribution is 5.93. The molecule has 0 bridgehead atoms. The topological polar surface area (TPSA) is 66.0 Å². The lowest BCUT2D eigenvalue weighted by Crippen LogP contribution is -1.94. The molecule has 2 aromatic carbocycles. The number of aromatic amines is 1. The van der Waals surface area contributed by atoms with Gasteiger partial charge in [0.05, 0.1) is 16.6 Å². The van der Waals surface area contributed by atoms with Gasteiger partial charge in [-0.25, -0.2) is 9.78 Å². The van der Waals surface area contributed by atoms with Crippen molar-refractivity contribution in [2.75, 3.05) is 0 Å². The molecular weight excluding hydrogens is 240 g/mol. The highest BCUT2D eigenvalue weighted by Gasteiger charge is 2.08. The first-order chi connectivity index (χ1) is 9.13. The standard InChI is InChI=1S/C15H12N2O2/c1-9-3-2-4-10(7-9)14-16-12-6-5-11(15(18)19)8-13(12)17-14/h2-8H,1H3,(H,16,17)(H,18,19). The van der Waals surface area contributed by atoms with E-state index in [9.17, 15) is 4.79 Å². The lowest BCUT2D eigenvalue weighted by molar-refractivity contribution is 0.0697. The lowest BCUT2D eigenvalue weighted by Gasteiger charge is -1.97. The van der Waals surface area contributed by atoms with Crippen molar-refractivity contribution in [2.45, 2.75) is 6.92 Å². The maximum Gasteiger partial charge on any atom is 0.335 e. The van der Waals surface area contributed by atoms with Crippen molar-refractivity contribution in [3.63, 3.8) is 0 Å². The van der Waals surface area contributed by atoms with Gasteiger partial charge in [-0.2, -0.15) is 0 Å². The van der Waals surface area contributed by atoms with Crippen LogP contribution in [0.2, 0.25) is 0 Å². The molecule has 0 aliphatic carbocycles. The molecule has 0 aliphatic rings. The monoisotopic (exact) mass is 252 g/mol. The van der Waals surface area contributed by atoms with Crippen molar-refractivity contribution in [1.29, 1.82) is 0 Å². The Labute approximate surface area is 109 Å². The number of carboxylic acid groups (broad SMARTS) is 1. The molecule has 0 saturated carbocycles. The molecule has 2 N–H and O–H groups in total. The molecule has 0 spiro atoms. The van der Waals surface area contributed by atoms with Crippen molar-refractivity contribution < 1.29 is 9.90 Å². The van der Waals surface area contributed by atoms with Gasteiger partial charge in [0.2, 0.25) is 0 Å². The van der Waals surface area contributed by atoms with Crippen molar-refractivity contribution in [2.24, 2.45) is 0 Å². The van der Waals surface area contributed by atoms with E-state index in [1.807, 2.05) is 31.2 Å². The third-order valence-electron chi connectivity index (χ3n) is 3.02. The van der Waals surface area contributed by atoms with Crippen LogP contribution in [0.1, 0.15) is 15.9 Å². The van der Waals surface area contributed by atoms with Crippen molar-refractivity contribution in [3.8, 4) is 11.4 Å². The van der Waals surface area contributed by atoms with Gasteiger partial charge in [0.15, 0.2) is 0 Å². The normalized spacial score (nSPS) is 10.8. The molecule has 0 fully saturated rings. The Bertz CT molecular complexity index is 775. The number of nitrogens with one attached hydrogen (secondary N) is 1. The van der Waals surface area contributed by atoms with E-state index in [1.165, 1.54) is 0 Å². The number of H-pyrrole nitrogens is 1. The number of carboxylic acids is 1. The molecule has 0 radical (unpaired) electrons. The number of nitrogens with zero attached hydrogens (tertiary/aromatic N) is 1. The maximum atomic E-state index is 10.9. The van der Waals surface area contributed by atoms with Crippen LogP contribution in [-0.2, 0) is 0 Å². The fraction of sp³-hybridized carbons (Fsp3) is 0.0667. The number of aromatic nitrogens is 2. The van der Waals surface area contributed by atoms with Crippen LogP contribution in [0.15, 0.2) is 42.5 Å². The summed E-state index contributed by atoms with van der Waals surface area (Å²) >= 11 is 0. The predicted molar refractivity (Wildman–Crippen MR) is 73.2 cm³/mol. The summed E-state index contributed by atoms with van der Waals surface area (Å²) in [5.41, 5.74) is 3.90. The van der Waals surface area contributed by atoms with Crippen LogP contribution in [0.3, 0.4) is 0 Å². The molecule has 0 atom stereocenters. The minimum absolute atomic E-state index is 0.256. The van der Waals surface area contributed by atoms with E-state index >= 15 is 0 Å². The van der Waals surface area contributed by atoms with E-state index < -0.39 is 5.97 Å². The van der Waals surface area contributed by atoms with Crippen LogP contribution in [0, 0.1) is 6.92 Å². The van der Waals surface area contributed by atoms with Crippen LogP contribution in [0.5, 0.6) is 0 Å². The third-order valence-corrected chi connectivity index (χ3v) is 3.02.